The van der Waals surface area contributed by atoms with E-state index in [1.54, 1.807) is 11.8 Å². The standard InChI is InChI=1S/C18H17NO2S2/c1-2-18(20)19-10-11-22-15-7-5-9-17-14(15)12-13-6-3-4-8-16(13)23(17)21/h2-9H,1,10-12H2,(H,19,20). The van der Waals surface area contributed by atoms with Crippen LogP contribution in [0.25, 0.3) is 0 Å². The van der Waals surface area contributed by atoms with Crippen LogP contribution in [0.1, 0.15) is 11.1 Å². The quantitative estimate of drug-likeness (QED) is 0.393. The number of hydrogen-bond acceptors (Lipinski definition) is 3. The Morgan fingerprint density at radius 2 is 2.04 bits per heavy atom. The summed E-state index contributed by atoms with van der Waals surface area (Å²) in [5.74, 6) is 0.611. The van der Waals surface area contributed by atoms with Crippen molar-refractivity contribution < 1.29 is 9.35 Å². The molecule has 0 spiro atoms. The maximum absolute atomic E-state index is 12.8. The van der Waals surface area contributed by atoms with Gasteiger partial charge in [-0.25, -0.2) is 0 Å². The van der Waals surface area contributed by atoms with Crippen LogP contribution in [-0.4, -0.2) is 22.8 Å². The minimum atomic E-state index is -1.11. The number of thioether (sulfide) groups is 1. The van der Waals surface area contributed by atoms with E-state index in [-0.39, 0.29) is 5.91 Å². The van der Waals surface area contributed by atoms with Crippen molar-refractivity contribution in [3.8, 4) is 0 Å². The summed E-state index contributed by atoms with van der Waals surface area (Å²) in [6.45, 7) is 4.01. The van der Waals surface area contributed by atoms with Gasteiger partial charge < -0.3 is 9.87 Å². The Kier molecular flexibility index (Phi) is 5.10. The molecule has 3 nitrogen and oxygen atoms in total. The predicted octanol–water partition coefficient (Wildman–Crippen LogP) is 3.15. The Hall–Kier alpha value is -1.69. The van der Waals surface area contributed by atoms with Crippen molar-refractivity contribution in [3.05, 3.63) is 66.2 Å². The van der Waals surface area contributed by atoms with Gasteiger partial charge in [-0.15, -0.1) is 11.8 Å². The van der Waals surface area contributed by atoms with Gasteiger partial charge in [-0.3, -0.25) is 4.79 Å². The van der Waals surface area contributed by atoms with Crippen LogP contribution in [0.5, 0.6) is 0 Å². The zero-order valence-corrected chi connectivity index (χ0v) is 14.2. The Bertz CT molecular complexity index is 746. The fourth-order valence-corrected chi connectivity index (χ4v) is 5.02. The van der Waals surface area contributed by atoms with E-state index in [4.69, 9.17) is 0 Å². The highest BCUT2D eigenvalue weighted by Crippen LogP contribution is 2.38. The smallest absolute Gasteiger partial charge is 0.243 e. The lowest BCUT2D eigenvalue weighted by Gasteiger charge is -2.23. The molecule has 1 aliphatic rings. The van der Waals surface area contributed by atoms with Crippen molar-refractivity contribution in [1.29, 1.82) is 0 Å². The molecule has 0 radical (unpaired) electrons. The molecule has 23 heavy (non-hydrogen) atoms. The summed E-state index contributed by atoms with van der Waals surface area (Å²) in [5, 5.41) is 2.77. The molecule has 2 aromatic rings. The second-order valence-corrected chi connectivity index (χ2v) is 7.68. The largest absolute Gasteiger partial charge is 0.606 e. The number of carbonyl (C=O) groups is 1. The number of rotatable bonds is 5. The Morgan fingerprint density at radius 1 is 1.26 bits per heavy atom. The number of fused-ring (bicyclic) bond motifs is 2. The summed E-state index contributed by atoms with van der Waals surface area (Å²) < 4.78 is 12.8. The maximum Gasteiger partial charge on any atom is 0.243 e. The molecule has 1 N–H and O–H groups in total. The van der Waals surface area contributed by atoms with Crippen molar-refractivity contribution in [2.24, 2.45) is 0 Å². The molecule has 5 heteroatoms. The molecule has 3 rings (SSSR count). The number of amides is 1. The van der Waals surface area contributed by atoms with Crippen LogP contribution >= 0.6 is 11.8 Å². The summed E-state index contributed by atoms with van der Waals surface area (Å²) in [7, 11) is 0. The molecule has 1 atom stereocenters. The Morgan fingerprint density at radius 3 is 2.87 bits per heavy atom. The molecular weight excluding hydrogens is 326 g/mol. The van der Waals surface area contributed by atoms with E-state index >= 15 is 0 Å². The van der Waals surface area contributed by atoms with Gasteiger partial charge in [0.25, 0.3) is 0 Å². The van der Waals surface area contributed by atoms with E-state index in [9.17, 15) is 9.35 Å². The lowest BCUT2D eigenvalue weighted by atomic mass is 10.0. The lowest BCUT2D eigenvalue weighted by molar-refractivity contribution is -0.116. The zero-order chi connectivity index (χ0) is 16.2. The highest BCUT2D eigenvalue weighted by Gasteiger charge is 2.29. The predicted molar refractivity (Wildman–Crippen MR) is 94.3 cm³/mol. The van der Waals surface area contributed by atoms with Crippen LogP contribution in [0.4, 0.5) is 0 Å². The molecule has 0 fully saturated rings. The lowest BCUT2D eigenvalue weighted by Crippen LogP contribution is -2.23. The van der Waals surface area contributed by atoms with E-state index in [0.29, 0.717) is 6.54 Å². The molecular formula is C18H17NO2S2. The average Bonchev–Trinajstić information content (AvgIpc) is 2.59. The van der Waals surface area contributed by atoms with Gasteiger partial charge in [0, 0.05) is 45.9 Å². The van der Waals surface area contributed by atoms with Crippen LogP contribution in [0.15, 0.2) is 69.8 Å². The third-order valence-corrected chi connectivity index (χ3v) is 6.36. The summed E-state index contributed by atoms with van der Waals surface area (Å²) in [5.41, 5.74) is 2.27. The van der Waals surface area contributed by atoms with Crippen LogP contribution in [0, 0.1) is 0 Å². The fourth-order valence-electron chi connectivity index (χ4n) is 2.58. The molecule has 1 amide bonds. The van der Waals surface area contributed by atoms with Crippen LogP contribution < -0.4 is 5.32 Å². The minimum absolute atomic E-state index is 0.157. The van der Waals surface area contributed by atoms with Gasteiger partial charge in [-0.1, -0.05) is 30.8 Å². The Balaban J connectivity index is 1.77. The second-order valence-electron chi connectivity index (χ2n) is 5.13. The fraction of sp³-hybridized carbons (Fsp3) is 0.167. The molecule has 0 aliphatic carbocycles. The molecule has 1 heterocycles. The highest BCUT2D eigenvalue weighted by atomic mass is 32.2. The molecule has 1 unspecified atom stereocenters. The van der Waals surface area contributed by atoms with Gasteiger partial charge in [0.15, 0.2) is 9.79 Å². The van der Waals surface area contributed by atoms with Gasteiger partial charge in [-0.2, -0.15) is 0 Å². The first-order valence-corrected chi connectivity index (χ1v) is 9.49. The molecule has 0 bridgehead atoms. The molecule has 1 aliphatic heterocycles. The normalized spacial score (nSPS) is 15.4. The minimum Gasteiger partial charge on any atom is -0.606 e. The highest BCUT2D eigenvalue weighted by molar-refractivity contribution is 7.99. The van der Waals surface area contributed by atoms with E-state index in [2.05, 4.69) is 18.0 Å². The third kappa shape index (κ3) is 3.47. The first-order valence-electron chi connectivity index (χ1n) is 7.35. The molecule has 118 valence electrons. The summed E-state index contributed by atoms with van der Waals surface area (Å²) in [4.78, 5) is 14.1. The van der Waals surface area contributed by atoms with Crippen molar-refractivity contribution in [2.75, 3.05) is 12.3 Å². The van der Waals surface area contributed by atoms with Crippen molar-refractivity contribution in [3.63, 3.8) is 0 Å². The van der Waals surface area contributed by atoms with Crippen molar-refractivity contribution in [2.45, 2.75) is 21.1 Å². The van der Waals surface area contributed by atoms with Gasteiger partial charge in [0.05, 0.1) is 0 Å². The number of hydrogen-bond donors (Lipinski definition) is 1. The van der Waals surface area contributed by atoms with Crippen LogP contribution in [0.2, 0.25) is 0 Å². The summed E-state index contributed by atoms with van der Waals surface area (Å²) in [6.07, 6.45) is 2.08. The molecule has 0 aromatic heterocycles. The van der Waals surface area contributed by atoms with Crippen LogP contribution in [0.3, 0.4) is 0 Å². The molecule has 0 saturated heterocycles. The summed E-state index contributed by atoms with van der Waals surface area (Å²) >= 11 is 0.568. The van der Waals surface area contributed by atoms with Gasteiger partial charge in [0.2, 0.25) is 5.91 Å². The first kappa shape index (κ1) is 16.2. The Labute approximate surface area is 143 Å². The monoisotopic (exact) mass is 343 g/mol. The van der Waals surface area contributed by atoms with Crippen LogP contribution in [-0.2, 0) is 22.4 Å². The number of nitrogens with one attached hydrogen (secondary N) is 1. The van der Waals surface area contributed by atoms with E-state index < -0.39 is 11.2 Å². The number of carbonyl (C=O) groups excluding carboxylic acids is 1. The van der Waals surface area contributed by atoms with Crippen molar-refractivity contribution in [1.82, 2.24) is 5.32 Å². The third-order valence-electron chi connectivity index (χ3n) is 3.67. The van der Waals surface area contributed by atoms with Gasteiger partial charge in [-0.05, 0) is 24.3 Å². The van der Waals surface area contributed by atoms with Gasteiger partial charge >= 0.3 is 0 Å². The van der Waals surface area contributed by atoms with Crippen molar-refractivity contribution >= 4 is 28.8 Å². The zero-order valence-electron chi connectivity index (χ0n) is 12.6. The number of benzene rings is 2. The summed E-state index contributed by atoms with van der Waals surface area (Å²) in [6, 6.07) is 13.9. The molecule has 0 saturated carbocycles. The second kappa shape index (κ2) is 7.25. The first-order chi connectivity index (χ1) is 11.2. The van der Waals surface area contributed by atoms with Gasteiger partial charge in [0.1, 0.15) is 0 Å². The average molecular weight is 343 g/mol. The topological polar surface area (TPSA) is 52.2 Å². The SMILES string of the molecule is C=CC(=O)NCCSc1cccc2c1Cc1ccccc1[S+]2[O-]. The van der Waals surface area contributed by atoms with E-state index in [0.717, 1.165) is 38.0 Å². The molecule has 2 aromatic carbocycles. The van der Waals surface area contributed by atoms with E-state index in [1.165, 1.54) is 6.08 Å². The maximum atomic E-state index is 12.8. The van der Waals surface area contributed by atoms with E-state index in [1.807, 2.05) is 36.4 Å².